The van der Waals surface area contributed by atoms with E-state index >= 15 is 4.39 Å². The summed E-state index contributed by atoms with van der Waals surface area (Å²) in [5.41, 5.74) is 2.00. The molecule has 1 aromatic carbocycles. The van der Waals surface area contributed by atoms with Gasteiger partial charge in [0.05, 0.1) is 11.6 Å². The third kappa shape index (κ3) is 3.25. The number of hydrogen-bond donors (Lipinski definition) is 5. The Bertz CT molecular complexity index is 1370. The largest absolute Gasteiger partial charge is 0.508 e. The van der Waals surface area contributed by atoms with Crippen molar-refractivity contribution in [1.82, 2.24) is 9.80 Å². The molecule has 6 N–H and O–H groups in total. The van der Waals surface area contributed by atoms with Gasteiger partial charge in [-0.3, -0.25) is 24.2 Å². The number of aliphatic hydroxyl groups is 3. The molecule has 4 aliphatic rings. The third-order valence-electron chi connectivity index (χ3n) is 8.97. The van der Waals surface area contributed by atoms with Crippen LogP contribution >= 0.6 is 0 Å². The fraction of sp³-hybridized carbons (Fsp3) is 0.519. The lowest BCUT2D eigenvalue weighted by molar-refractivity contribution is -0.153. The summed E-state index contributed by atoms with van der Waals surface area (Å²) in [6.07, 6.45) is 0.671. The van der Waals surface area contributed by atoms with E-state index in [1.165, 1.54) is 19.0 Å². The van der Waals surface area contributed by atoms with Crippen LogP contribution in [0.25, 0.3) is 5.76 Å². The molecule has 1 saturated carbocycles. The molecule has 10 nitrogen and oxygen atoms in total. The summed E-state index contributed by atoms with van der Waals surface area (Å²) in [4.78, 5) is 42.5. The van der Waals surface area contributed by atoms with Gasteiger partial charge in [-0.1, -0.05) is 6.92 Å². The SMILES string of the molecule is CC[C@H](C)N1Cc2c(O)c3c(c(F)c2C1)C[C@H]1C[C@H]2[C@H](N(C)C)C(=O)C(C(N)=O)=C(O)[C@@]2(O)C(=O)C1=C3O. The minimum Gasteiger partial charge on any atom is -0.508 e. The molecule has 5 atom stereocenters. The molecule has 3 aliphatic carbocycles. The van der Waals surface area contributed by atoms with Gasteiger partial charge < -0.3 is 26.2 Å². The number of primary amides is 1. The summed E-state index contributed by atoms with van der Waals surface area (Å²) in [5.74, 6) is -7.96. The van der Waals surface area contributed by atoms with Crippen molar-refractivity contribution in [2.24, 2.45) is 17.6 Å². The number of halogens is 1. The molecule has 204 valence electrons. The number of amides is 1. The van der Waals surface area contributed by atoms with Gasteiger partial charge in [0.1, 0.15) is 28.7 Å². The Morgan fingerprint density at radius 2 is 1.82 bits per heavy atom. The van der Waals surface area contributed by atoms with Gasteiger partial charge in [0.15, 0.2) is 11.4 Å². The summed E-state index contributed by atoms with van der Waals surface area (Å²) in [5, 5.41) is 45.0. The second-order valence-corrected chi connectivity index (χ2v) is 11.1. The Morgan fingerprint density at radius 3 is 2.39 bits per heavy atom. The summed E-state index contributed by atoms with van der Waals surface area (Å²) in [6, 6.07) is -1.06. The van der Waals surface area contributed by atoms with E-state index in [4.69, 9.17) is 5.73 Å². The van der Waals surface area contributed by atoms with Crippen LogP contribution in [0.2, 0.25) is 0 Å². The van der Waals surface area contributed by atoms with Gasteiger partial charge in [-0.25, -0.2) is 4.39 Å². The van der Waals surface area contributed by atoms with Crippen LogP contribution in [0.3, 0.4) is 0 Å². The van der Waals surface area contributed by atoms with E-state index < -0.39 is 63.9 Å². The first-order valence-corrected chi connectivity index (χ1v) is 12.7. The number of nitrogens with two attached hydrogens (primary N) is 1. The normalized spacial score (nSPS) is 29.8. The van der Waals surface area contributed by atoms with Gasteiger partial charge in [0.25, 0.3) is 5.91 Å². The molecule has 1 aromatic rings. The van der Waals surface area contributed by atoms with Crippen molar-refractivity contribution in [3.8, 4) is 5.75 Å². The van der Waals surface area contributed by atoms with E-state index in [-0.39, 0.29) is 47.9 Å². The number of aromatic hydroxyl groups is 1. The van der Waals surface area contributed by atoms with Gasteiger partial charge in [-0.2, -0.15) is 0 Å². The maximum Gasteiger partial charge on any atom is 0.255 e. The number of fused-ring (bicyclic) bond motifs is 4. The Hall–Kier alpha value is -3.28. The number of benzene rings is 1. The standard InChI is InChI=1S/C27H32FN3O7/c1-5-10(2)31-8-13-14(9-31)21(32)17-12(19(13)28)6-11-7-15-20(30(3)4)23(34)18(26(29)37)25(36)27(15,38)24(35)16(11)22(17)33/h10-11,15,20,32-33,36,38H,5-9H2,1-4H3,(H2,29,37)/t10-,11-,15-,20-,27-/m0/s1. The lowest BCUT2D eigenvalue weighted by atomic mass is 9.57. The molecular formula is C27H32FN3O7. The van der Waals surface area contributed by atoms with E-state index in [2.05, 4.69) is 0 Å². The first kappa shape index (κ1) is 26.3. The third-order valence-corrected chi connectivity index (χ3v) is 8.97. The number of phenols is 1. The molecule has 1 amide bonds. The highest BCUT2D eigenvalue weighted by molar-refractivity contribution is 6.24. The monoisotopic (exact) mass is 529 g/mol. The van der Waals surface area contributed by atoms with Gasteiger partial charge in [-0.15, -0.1) is 0 Å². The Morgan fingerprint density at radius 1 is 1.18 bits per heavy atom. The molecule has 0 radical (unpaired) electrons. The number of nitrogens with zero attached hydrogens (tertiary/aromatic N) is 2. The maximum atomic E-state index is 15.9. The van der Waals surface area contributed by atoms with Crippen molar-refractivity contribution in [2.45, 2.75) is 63.9 Å². The van der Waals surface area contributed by atoms with E-state index in [0.717, 1.165) is 6.42 Å². The molecule has 1 fully saturated rings. The molecule has 11 heteroatoms. The number of rotatable bonds is 4. The fourth-order valence-corrected chi connectivity index (χ4v) is 6.81. The number of aliphatic hydroxyl groups excluding tert-OH is 2. The number of phenolic OH excluding ortho intramolecular Hbond substituents is 1. The van der Waals surface area contributed by atoms with Crippen LogP contribution in [-0.2, 0) is 33.9 Å². The molecule has 0 saturated heterocycles. The lowest BCUT2D eigenvalue weighted by Crippen LogP contribution is -2.65. The molecule has 0 bridgehead atoms. The number of ketones is 2. The van der Waals surface area contributed by atoms with Gasteiger partial charge >= 0.3 is 0 Å². The average Bonchev–Trinajstić information content (AvgIpc) is 3.30. The van der Waals surface area contributed by atoms with E-state index in [1.54, 1.807) is 0 Å². The van der Waals surface area contributed by atoms with Crippen molar-refractivity contribution in [2.75, 3.05) is 14.1 Å². The molecular weight excluding hydrogens is 497 g/mol. The zero-order chi connectivity index (χ0) is 28.0. The minimum absolute atomic E-state index is 0.0649. The van der Waals surface area contributed by atoms with Crippen molar-refractivity contribution in [1.29, 1.82) is 0 Å². The fourth-order valence-electron chi connectivity index (χ4n) is 6.81. The lowest BCUT2D eigenvalue weighted by Gasteiger charge is -2.50. The first-order valence-electron chi connectivity index (χ1n) is 12.7. The molecule has 38 heavy (non-hydrogen) atoms. The zero-order valence-corrected chi connectivity index (χ0v) is 21.7. The number of carbonyl (C=O) groups excluding carboxylic acids is 3. The molecule has 0 spiro atoms. The molecule has 5 rings (SSSR count). The van der Waals surface area contributed by atoms with Gasteiger partial charge in [0, 0.05) is 47.3 Å². The second kappa shape index (κ2) is 8.62. The van der Waals surface area contributed by atoms with Crippen LogP contribution in [0, 0.1) is 17.7 Å². The highest BCUT2D eigenvalue weighted by Crippen LogP contribution is 2.54. The van der Waals surface area contributed by atoms with E-state index in [1.807, 2.05) is 18.7 Å². The quantitative estimate of drug-likeness (QED) is 0.361. The predicted molar refractivity (Wildman–Crippen MR) is 133 cm³/mol. The summed E-state index contributed by atoms with van der Waals surface area (Å²) < 4.78 is 15.9. The maximum absolute atomic E-state index is 15.9. The first-order chi connectivity index (χ1) is 17.8. The van der Waals surface area contributed by atoms with Gasteiger partial charge in [0.2, 0.25) is 5.78 Å². The van der Waals surface area contributed by atoms with Crippen molar-refractivity contribution in [3.63, 3.8) is 0 Å². The minimum atomic E-state index is -2.72. The second-order valence-electron chi connectivity index (χ2n) is 11.1. The average molecular weight is 530 g/mol. The summed E-state index contributed by atoms with van der Waals surface area (Å²) >= 11 is 0. The summed E-state index contributed by atoms with van der Waals surface area (Å²) in [6.45, 7) is 4.57. The highest BCUT2D eigenvalue weighted by atomic mass is 19.1. The van der Waals surface area contributed by atoms with E-state index in [9.17, 15) is 34.8 Å². The van der Waals surface area contributed by atoms with Crippen molar-refractivity contribution in [3.05, 3.63) is 45.0 Å². The molecule has 0 aromatic heterocycles. The van der Waals surface area contributed by atoms with Crippen LogP contribution in [-0.4, -0.2) is 79.5 Å². The topological polar surface area (TPSA) is 165 Å². The molecule has 0 unspecified atom stereocenters. The molecule has 1 aliphatic heterocycles. The van der Waals surface area contributed by atoms with Crippen molar-refractivity contribution < 1.29 is 39.2 Å². The number of likely N-dealkylation sites (N-methyl/N-ethyl adjacent to an activating group) is 1. The van der Waals surface area contributed by atoms with Crippen LogP contribution < -0.4 is 5.73 Å². The van der Waals surface area contributed by atoms with Crippen molar-refractivity contribution >= 4 is 23.2 Å². The zero-order valence-electron chi connectivity index (χ0n) is 21.7. The van der Waals surface area contributed by atoms with Crippen LogP contribution in [0.4, 0.5) is 4.39 Å². The van der Waals surface area contributed by atoms with Crippen LogP contribution in [0.15, 0.2) is 16.9 Å². The predicted octanol–water partition coefficient (Wildman–Crippen LogP) is 1.22. The smallest absolute Gasteiger partial charge is 0.255 e. The van der Waals surface area contributed by atoms with Gasteiger partial charge in [-0.05, 0) is 46.2 Å². The Labute approximate surface area is 218 Å². The molecule has 1 heterocycles. The number of Topliss-reactive ketones (excluding diaryl/α,β-unsaturated/α-hetero) is 2. The van der Waals surface area contributed by atoms with Crippen LogP contribution in [0.5, 0.6) is 5.75 Å². The number of carbonyl (C=O) groups is 3. The Balaban J connectivity index is 1.70. The highest BCUT2D eigenvalue weighted by Gasteiger charge is 2.64. The summed E-state index contributed by atoms with van der Waals surface area (Å²) in [7, 11) is 3.05. The van der Waals surface area contributed by atoms with E-state index in [0.29, 0.717) is 17.7 Å². The Kier molecular flexibility index (Phi) is 5.97. The van der Waals surface area contributed by atoms with Crippen LogP contribution in [0.1, 0.15) is 48.9 Å². The number of hydrogen-bond acceptors (Lipinski definition) is 9.